The van der Waals surface area contributed by atoms with E-state index >= 15 is 0 Å². The zero-order chi connectivity index (χ0) is 21.5. The fraction of sp³-hybridized carbons (Fsp3) is 0.478. The van der Waals surface area contributed by atoms with Gasteiger partial charge in [-0.05, 0) is 100 Å². The summed E-state index contributed by atoms with van der Waals surface area (Å²) in [6.45, 7) is 15.9. The Kier molecular flexibility index (Phi) is 5.97. The van der Waals surface area contributed by atoms with E-state index in [1.807, 2.05) is 52.8 Å². The van der Waals surface area contributed by atoms with E-state index in [1.54, 1.807) is 0 Å². The Hall–Kier alpha value is -2.05. The highest BCUT2D eigenvalue weighted by molar-refractivity contribution is 7.92. The Morgan fingerprint density at radius 3 is 1.83 bits per heavy atom. The van der Waals surface area contributed by atoms with Crippen LogP contribution in [-0.4, -0.2) is 46.5 Å². The number of sulfonamides is 1. The molecule has 2 aromatic carbocycles. The second-order valence-electron chi connectivity index (χ2n) is 8.35. The Labute approximate surface area is 175 Å². The van der Waals surface area contributed by atoms with Crippen LogP contribution in [0.5, 0.6) is 0 Å². The first-order chi connectivity index (χ1) is 13.5. The van der Waals surface area contributed by atoms with E-state index in [0.29, 0.717) is 10.6 Å². The SMILES string of the molecule is Cc1cc(NS(=O)(=O)c2c(C)c(C)c(C)c(C)c2C)ccc1N1CCN(C)CC1. The summed E-state index contributed by atoms with van der Waals surface area (Å²) in [6.07, 6.45) is 0. The molecule has 158 valence electrons. The molecule has 0 radical (unpaired) electrons. The minimum atomic E-state index is -3.67. The molecule has 1 saturated heterocycles. The normalized spacial score (nSPS) is 15.6. The number of likely N-dealkylation sites (N-methyl/N-ethyl adjacent to an activating group) is 1. The first-order valence-corrected chi connectivity index (χ1v) is 11.6. The number of hydrogen-bond donors (Lipinski definition) is 1. The molecule has 0 aliphatic carbocycles. The number of benzene rings is 2. The second kappa shape index (κ2) is 8.00. The average molecular weight is 416 g/mol. The third-order valence-electron chi connectivity index (χ3n) is 6.49. The molecule has 0 aromatic heterocycles. The van der Waals surface area contributed by atoms with Crippen LogP contribution in [0.25, 0.3) is 0 Å². The van der Waals surface area contributed by atoms with Gasteiger partial charge >= 0.3 is 0 Å². The molecule has 0 saturated carbocycles. The molecule has 1 N–H and O–H groups in total. The van der Waals surface area contributed by atoms with Crippen LogP contribution in [0.3, 0.4) is 0 Å². The van der Waals surface area contributed by atoms with Crippen molar-refractivity contribution < 1.29 is 8.42 Å². The van der Waals surface area contributed by atoms with Crippen LogP contribution in [0.1, 0.15) is 33.4 Å². The van der Waals surface area contributed by atoms with Crippen LogP contribution in [0.15, 0.2) is 23.1 Å². The molecule has 1 fully saturated rings. The van der Waals surface area contributed by atoms with Crippen molar-refractivity contribution in [2.24, 2.45) is 0 Å². The summed E-state index contributed by atoms with van der Waals surface area (Å²) in [5.41, 5.74) is 7.74. The number of hydrogen-bond acceptors (Lipinski definition) is 4. The van der Waals surface area contributed by atoms with Gasteiger partial charge in [-0.25, -0.2) is 8.42 Å². The van der Waals surface area contributed by atoms with E-state index in [4.69, 9.17) is 0 Å². The molecule has 1 aliphatic rings. The number of anilines is 2. The van der Waals surface area contributed by atoms with Gasteiger partial charge in [-0.3, -0.25) is 4.72 Å². The van der Waals surface area contributed by atoms with Crippen molar-refractivity contribution in [2.45, 2.75) is 46.4 Å². The molecule has 0 unspecified atom stereocenters. The molecule has 1 aliphatic heterocycles. The molecule has 3 rings (SSSR count). The number of nitrogens with zero attached hydrogens (tertiary/aromatic N) is 2. The Morgan fingerprint density at radius 2 is 1.31 bits per heavy atom. The predicted molar refractivity (Wildman–Crippen MR) is 122 cm³/mol. The zero-order valence-corrected chi connectivity index (χ0v) is 19.5. The summed E-state index contributed by atoms with van der Waals surface area (Å²) in [5.74, 6) is 0. The average Bonchev–Trinajstić information content (AvgIpc) is 2.65. The monoisotopic (exact) mass is 415 g/mol. The molecule has 6 heteroatoms. The second-order valence-corrected chi connectivity index (χ2v) is 9.97. The van der Waals surface area contributed by atoms with E-state index in [2.05, 4.69) is 28.5 Å². The van der Waals surface area contributed by atoms with Crippen LogP contribution in [0.2, 0.25) is 0 Å². The molecular weight excluding hydrogens is 382 g/mol. The van der Waals surface area contributed by atoms with Crippen LogP contribution in [0.4, 0.5) is 11.4 Å². The largest absolute Gasteiger partial charge is 0.369 e. The predicted octanol–water partition coefficient (Wildman–Crippen LogP) is 4.09. The number of piperazine rings is 1. The Bertz CT molecular complexity index is 1010. The summed E-state index contributed by atoms with van der Waals surface area (Å²) in [6, 6.07) is 5.84. The van der Waals surface area contributed by atoms with Gasteiger partial charge in [-0.15, -0.1) is 0 Å². The van der Waals surface area contributed by atoms with E-state index in [0.717, 1.165) is 59.6 Å². The third kappa shape index (κ3) is 4.14. The molecule has 2 aromatic rings. The Balaban J connectivity index is 1.91. The lowest BCUT2D eigenvalue weighted by Crippen LogP contribution is -2.44. The van der Waals surface area contributed by atoms with Gasteiger partial charge in [-0.2, -0.15) is 0 Å². The van der Waals surface area contributed by atoms with Gasteiger partial charge in [0, 0.05) is 37.6 Å². The van der Waals surface area contributed by atoms with E-state index in [-0.39, 0.29) is 0 Å². The maximum absolute atomic E-state index is 13.3. The maximum Gasteiger partial charge on any atom is 0.262 e. The molecule has 1 heterocycles. The molecule has 0 spiro atoms. The smallest absolute Gasteiger partial charge is 0.262 e. The lowest BCUT2D eigenvalue weighted by molar-refractivity contribution is 0.312. The van der Waals surface area contributed by atoms with Gasteiger partial charge < -0.3 is 9.80 Å². The van der Waals surface area contributed by atoms with Gasteiger partial charge in [0.15, 0.2) is 0 Å². The topological polar surface area (TPSA) is 52.7 Å². The summed E-state index contributed by atoms with van der Waals surface area (Å²) >= 11 is 0. The van der Waals surface area contributed by atoms with E-state index in [9.17, 15) is 8.42 Å². The van der Waals surface area contributed by atoms with Gasteiger partial charge in [-0.1, -0.05) is 0 Å². The zero-order valence-electron chi connectivity index (χ0n) is 18.7. The molecule has 0 amide bonds. The quantitative estimate of drug-likeness (QED) is 0.817. The van der Waals surface area contributed by atoms with Crippen molar-refractivity contribution >= 4 is 21.4 Å². The highest BCUT2D eigenvalue weighted by Gasteiger charge is 2.24. The van der Waals surface area contributed by atoms with Crippen LogP contribution < -0.4 is 9.62 Å². The minimum absolute atomic E-state index is 0.402. The highest BCUT2D eigenvalue weighted by Crippen LogP contribution is 2.32. The third-order valence-corrected chi connectivity index (χ3v) is 8.15. The highest BCUT2D eigenvalue weighted by atomic mass is 32.2. The van der Waals surface area contributed by atoms with Crippen molar-refractivity contribution in [1.29, 1.82) is 0 Å². The van der Waals surface area contributed by atoms with Crippen molar-refractivity contribution in [3.8, 4) is 0 Å². The molecule has 0 atom stereocenters. The summed E-state index contributed by atoms with van der Waals surface area (Å²) in [7, 11) is -1.53. The first kappa shape index (κ1) is 21.7. The fourth-order valence-corrected chi connectivity index (χ4v) is 5.85. The van der Waals surface area contributed by atoms with Crippen molar-refractivity contribution in [3.05, 3.63) is 51.6 Å². The summed E-state index contributed by atoms with van der Waals surface area (Å²) in [5, 5.41) is 0. The molecule has 0 bridgehead atoms. The van der Waals surface area contributed by atoms with Crippen molar-refractivity contribution in [2.75, 3.05) is 42.8 Å². The molecule has 29 heavy (non-hydrogen) atoms. The van der Waals surface area contributed by atoms with Gasteiger partial charge in [0.05, 0.1) is 4.90 Å². The lowest BCUT2D eigenvalue weighted by atomic mass is 9.95. The standard InChI is InChI=1S/C23H33N3O2S/c1-15-14-21(8-9-22(15)26-12-10-25(7)11-13-26)24-29(27,28)23-19(5)17(3)16(2)18(4)20(23)6/h8-9,14,24H,10-13H2,1-7H3. The number of aryl methyl sites for hydroxylation is 1. The number of rotatable bonds is 4. The number of nitrogens with one attached hydrogen (secondary N) is 1. The fourth-order valence-electron chi connectivity index (χ4n) is 4.20. The van der Waals surface area contributed by atoms with Gasteiger partial charge in [0.25, 0.3) is 10.0 Å². The van der Waals surface area contributed by atoms with Crippen LogP contribution >= 0.6 is 0 Å². The van der Waals surface area contributed by atoms with Crippen LogP contribution in [0, 0.1) is 41.5 Å². The van der Waals surface area contributed by atoms with Crippen LogP contribution in [-0.2, 0) is 10.0 Å². The van der Waals surface area contributed by atoms with E-state index in [1.165, 1.54) is 5.69 Å². The van der Waals surface area contributed by atoms with Crippen molar-refractivity contribution in [1.82, 2.24) is 4.90 Å². The first-order valence-electron chi connectivity index (χ1n) is 10.2. The Morgan fingerprint density at radius 1 is 0.793 bits per heavy atom. The molecule has 5 nitrogen and oxygen atoms in total. The minimum Gasteiger partial charge on any atom is -0.369 e. The maximum atomic E-state index is 13.3. The van der Waals surface area contributed by atoms with Crippen molar-refractivity contribution in [3.63, 3.8) is 0 Å². The lowest BCUT2D eigenvalue weighted by Gasteiger charge is -2.35. The summed E-state index contributed by atoms with van der Waals surface area (Å²) in [4.78, 5) is 5.10. The molecular formula is C23H33N3O2S. The van der Waals surface area contributed by atoms with Gasteiger partial charge in [0.1, 0.15) is 0 Å². The van der Waals surface area contributed by atoms with E-state index < -0.39 is 10.0 Å². The van der Waals surface area contributed by atoms with Gasteiger partial charge in [0.2, 0.25) is 0 Å². The summed E-state index contributed by atoms with van der Waals surface area (Å²) < 4.78 is 29.3.